The van der Waals surface area contributed by atoms with Gasteiger partial charge < -0.3 is 0 Å². The van der Waals surface area contributed by atoms with Crippen LogP contribution in [-0.4, -0.2) is 4.98 Å². The molecule has 0 spiro atoms. The number of benzene rings is 2. The third-order valence-corrected chi connectivity index (χ3v) is 2.99. The first-order chi connectivity index (χ1) is 8.95. The van der Waals surface area contributed by atoms with Gasteiger partial charge in [0.1, 0.15) is 0 Å². The molecule has 0 saturated heterocycles. The van der Waals surface area contributed by atoms with Crippen LogP contribution in [0.2, 0.25) is 0 Å². The minimum atomic E-state index is 1.17. The molecule has 0 saturated carbocycles. The van der Waals surface area contributed by atoms with E-state index in [2.05, 4.69) is 59.6 Å². The quantitative estimate of drug-likeness (QED) is 0.636. The summed E-state index contributed by atoms with van der Waals surface area (Å²) in [6, 6.07) is 22.8. The maximum absolute atomic E-state index is 4.25. The molecule has 3 rings (SSSR count). The molecule has 86 valence electrons. The first-order valence-corrected chi connectivity index (χ1v) is 6.00. The largest absolute Gasteiger partial charge is 0.264 e. The van der Waals surface area contributed by atoms with Gasteiger partial charge >= 0.3 is 0 Å². The van der Waals surface area contributed by atoms with E-state index in [0.29, 0.717) is 0 Å². The Balaban J connectivity index is 2.18. The highest BCUT2D eigenvalue weighted by atomic mass is 14.6. The highest BCUT2D eigenvalue weighted by Crippen LogP contribution is 2.30. The second kappa shape index (κ2) is 4.84. The van der Waals surface area contributed by atoms with Crippen molar-refractivity contribution < 1.29 is 0 Å². The minimum absolute atomic E-state index is 1.17. The average molecular weight is 231 g/mol. The van der Waals surface area contributed by atoms with Crippen molar-refractivity contribution in [1.29, 1.82) is 0 Å². The molecule has 0 fully saturated rings. The van der Waals surface area contributed by atoms with E-state index in [-0.39, 0.29) is 0 Å². The molecule has 18 heavy (non-hydrogen) atoms. The molecule has 0 aliphatic heterocycles. The summed E-state index contributed by atoms with van der Waals surface area (Å²) in [6.07, 6.45) is 3.77. The minimum Gasteiger partial charge on any atom is -0.264 e. The highest BCUT2D eigenvalue weighted by Gasteiger charge is 2.06. The van der Waals surface area contributed by atoms with Gasteiger partial charge in [-0.2, -0.15) is 0 Å². The molecule has 0 radical (unpaired) electrons. The van der Waals surface area contributed by atoms with E-state index in [1.807, 2.05) is 24.5 Å². The monoisotopic (exact) mass is 231 g/mol. The number of aromatic nitrogens is 1. The third-order valence-electron chi connectivity index (χ3n) is 2.99. The Labute approximate surface area is 107 Å². The van der Waals surface area contributed by atoms with Crippen LogP contribution in [0.5, 0.6) is 0 Å². The van der Waals surface area contributed by atoms with Gasteiger partial charge in [-0.25, -0.2) is 0 Å². The van der Waals surface area contributed by atoms with Gasteiger partial charge in [0.05, 0.1) is 0 Å². The van der Waals surface area contributed by atoms with Gasteiger partial charge in [-0.3, -0.25) is 4.98 Å². The number of rotatable bonds is 2. The van der Waals surface area contributed by atoms with Gasteiger partial charge in [-0.15, -0.1) is 0 Å². The molecule has 3 aromatic rings. The van der Waals surface area contributed by atoms with Crippen molar-refractivity contribution in [2.75, 3.05) is 0 Å². The van der Waals surface area contributed by atoms with E-state index in [4.69, 9.17) is 0 Å². The van der Waals surface area contributed by atoms with Crippen LogP contribution >= 0.6 is 0 Å². The Kier molecular flexibility index (Phi) is 2.89. The molecule has 0 bridgehead atoms. The first-order valence-electron chi connectivity index (χ1n) is 6.00. The topological polar surface area (TPSA) is 12.9 Å². The van der Waals surface area contributed by atoms with Crippen molar-refractivity contribution >= 4 is 0 Å². The number of pyridine rings is 1. The van der Waals surface area contributed by atoms with Crippen molar-refractivity contribution in [3.63, 3.8) is 0 Å². The van der Waals surface area contributed by atoms with E-state index < -0.39 is 0 Å². The normalized spacial score (nSPS) is 10.2. The molecule has 1 heteroatoms. The van der Waals surface area contributed by atoms with Crippen LogP contribution in [0.25, 0.3) is 22.3 Å². The molecular formula is C17H13N. The summed E-state index contributed by atoms with van der Waals surface area (Å²) in [5.74, 6) is 0. The fraction of sp³-hybridized carbons (Fsp3) is 0. The summed E-state index contributed by atoms with van der Waals surface area (Å²) in [5, 5.41) is 0. The molecule has 0 aliphatic rings. The molecule has 0 unspecified atom stereocenters. The van der Waals surface area contributed by atoms with Gasteiger partial charge in [0.2, 0.25) is 0 Å². The van der Waals surface area contributed by atoms with Gasteiger partial charge in [0, 0.05) is 18.0 Å². The van der Waals surface area contributed by atoms with E-state index in [1.54, 1.807) is 0 Å². The number of nitrogens with zero attached hydrogens (tertiary/aromatic N) is 1. The zero-order chi connectivity index (χ0) is 12.2. The molecule has 2 aromatic carbocycles. The van der Waals surface area contributed by atoms with Crippen LogP contribution in [0.4, 0.5) is 0 Å². The van der Waals surface area contributed by atoms with Crippen LogP contribution in [0, 0.1) is 0 Å². The maximum atomic E-state index is 4.25. The Morgan fingerprint density at radius 3 is 1.72 bits per heavy atom. The summed E-state index contributed by atoms with van der Waals surface area (Å²) in [6.45, 7) is 0. The van der Waals surface area contributed by atoms with E-state index in [9.17, 15) is 0 Å². The molecule has 0 aliphatic carbocycles. The SMILES string of the molecule is c1ccc(-c2ccncc2-c2ccccc2)cc1. The fourth-order valence-corrected chi connectivity index (χ4v) is 2.11. The second-order valence-electron chi connectivity index (χ2n) is 4.15. The predicted molar refractivity (Wildman–Crippen MR) is 75.1 cm³/mol. The van der Waals surface area contributed by atoms with Crippen molar-refractivity contribution in [3.8, 4) is 22.3 Å². The number of hydrogen-bond acceptors (Lipinski definition) is 1. The van der Waals surface area contributed by atoms with Crippen molar-refractivity contribution in [3.05, 3.63) is 79.1 Å². The van der Waals surface area contributed by atoms with E-state index in [0.717, 1.165) is 0 Å². The lowest BCUT2D eigenvalue weighted by Crippen LogP contribution is -1.86. The van der Waals surface area contributed by atoms with Crippen molar-refractivity contribution in [1.82, 2.24) is 4.98 Å². The fourth-order valence-electron chi connectivity index (χ4n) is 2.11. The smallest absolute Gasteiger partial charge is 0.0352 e. The average Bonchev–Trinajstić information content (AvgIpc) is 2.49. The first kappa shape index (κ1) is 10.7. The maximum Gasteiger partial charge on any atom is 0.0352 e. The standard InChI is InChI=1S/C17H13N/c1-3-7-14(8-4-1)16-11-12-18-13-17(16)15-9-5-2-6-10-15/h1-13H. The molecular weight excluding hydrogens is 218 g/mol. The van der Waals surface area contributed by atoms with Crippen LogP contribution in [0.3, 0.4) is 0 Å². The summed E-state index contributed by atoms with van der Waals surface area (Å²) in [4.78, 5) is 4.25. The second-order valence-corrected chi connectivity index (χ2v) is 4.15. The highest BCUT2D eigenvalue weighted by molar-refractivity contribution is 5.82. The Morgan fingerprint density at radius 2 is 1.11 bits per heavy atom. The summed E-state index contributed by atoms with van der Waals surface area (Å²) in [5.41, 5.74) is 4.81. The Hall–Kier alpha value is -2.41. The van der Waals surface area contributed by atoms with Crippen LogP contribution in [0.1, 0.15) is 0 Å². The lowest BCUT2D eigenvalue weighted by molar-refractivity contribution is 1.33. The van der Waals surface area contributed by atoms with Crippen LogP contribution < -0.4 is 0 Å². The molecule has 0 amide bonds. The molecule has 1 aromatic heterocycles. The molecule has 1 nitrogen and oxygen atoms in total. The Bertz CT molecular complexity index is 572. The lowest BCUT2D eigenvalue weighted by Gasteiger charge is -2.09. The van der Waals surface area contributed by atoms with Gasteiger partial charge in [-0.05, 0) is 22.8 Å². The molecule has 0 N–H and O–H groups in total. The van der Waals surface area contributed by atoms with Crippen LogP contribution in [0.15, 0.2) is 79.1 Å². The summed E-state index contributed by atoms with van der Waals surface area (Å²) >= 11 is 0. The third kappa shape index (κ3) is 2.03. The lowest BCUT2D eigenvalue weighted by atomic mass is 9.97. The Morgan fingerprint density at radius 1 is 0.556 bits per heavy atom. The summed E-state index contributed by atoms with van der Waals surface area (Å²) in [7, 11) is 0. The zero-order valence-electron chi connectivity index (χ0n) is 9.95. The number of hydrogen-bond donors (Lipinski definition) is 0. The van der Waals surface area contributed by atoms with Gasteiger partial charge in [0.25, 0.3) is 0 Å². The van der Waals surface area contributed by atoms with Crippen molar-refractivity contribution in [2.45, 2.75) is 0 Å². The molecule has 0 atom stereocenters. The van der Waals surface area contributed by atoms with E-state index in [1.165, 1.54) is 22.3 Å². The zero-order valence-corrected chi connectivity index (χ0v) is 9.95. The molecule has 1 heterocycles. The predicted octanol–water partition coefficient (Wildman–Crippen LogP) is 4.42. The van der Waals surface area contributed by atoms with Gasteiger partial charge in [-0.1, -0.05) is 60.7 Å². The van der Waals surface area contributed by atoms with Crippen molar-refractivity contribution in [2.24, 2.45) is 0 Å². The van der Waals surface area contributed by atoms with Crippen LogP contribution in [-0.2, 0) is 0 Å². The summed E-state index contributed by atoms with van der Waals surface area (Å²) < 4.78 is 0. The van der Waals surface area contributed by atoms with E-state index >= 15 is 0 Å². The van der Waals surface area contributed by atoms with Gasteiger partial charge in [0.15, 0.2) is 0 Å².